The maximum absolute atomic E-state index is 5.94. The molecular weight excluding hydrogens is 311 g/mol. The summed E-state index contributed by atoms with van der Waals surface area (Å²) >= 11 is 15.1. The van der Waals surface area contributed by atoms with Crippen LogP contribution in [-0.2, 0) is 0 Å². The molecule has 82 valence electrons. The number of hydrogen-bond donors (Lipinski definition) is 0. The van der Waals surface area contributed by atoms with Gasteiger partial charge in [0.15, 0.2) is 5.82 Å². The molecule has 2 aromatic rings. The summed E-state index contributed by atoms with van der Waals surface area (Å²) in [6.45, 7) is 1.91. The lowest BCUT2D eigenvalue weighted by Crippen LogP contribution is -1.92. The zero-order valence-corrected chi connectivity index (χ0v) is 11.4. The van der Waals surface area contributed by atoms with E-state index in [9.17, 15) is 0 Å². The Balaban J connectivity index is 2.54. The van der Waals surface area contributed by atoms with Crippen LogP contribution in [0.5, 0.6) is 0 Å². The number of halogens is 3. The fraction of sp³-hybridized carbons (Fsp3) is 0.0909. The van der Waals surface area contributed by atoms with Gasteiger partial charge >= 0.3 is 0 Å². The van der Waals surface area contributed by atoms with Gasteiger partial charge in [-0.2, -0.15) is 0 Å². The second-order valence-corrected chi connectivity index (χ2v) is 4.91. The van der Waals surface area contributed by atoms with Gasteiger partial charge in [0.2, 0.25) is 0 Å². The van der Waals surface area contributed by atoms with Crippen molar-refractivity contribution in [2.75, 3.05) is 0 Å². The van der Waals surface area contributed by atoms with E-state index in [0.29, 0.717) is 15.9 Å². The van der Waals surface area contributed by atoms with Crippen molar-refractivity contribution in [2.45, 2.75) is 6.92 Å². The summed E-state index contributed by atoms with van der Waals surface area (Å²) in [7, 11) is 0. The summed E-state index contributed by atoms with van der Waals surface area (Å²) in [4.78, 5) is 8.61. The Labute approximate surface area is 112 Å². The Hall–Kier alpha value is -0.640. The zero-order chi connectivity index (χ0) is 11.7. The van der Waals surface area contributed by atoms with E-state index in [1.165, 1.54) is 0 Å². The van der Waals surface area contributed by atoms with Gasteiger partial charge in [-0.25, -0.2) is 9.97 Å². The fourth-order valence-electron chi connectivity index (χ4n) is 1.29. The predicted octanol–water partition coefficient (Wildman–Crippen LogP) is 4.52. The second-order valence-electron chi connectivity index (χ2n) is 3.28. The van der Waals surface area contributed by atoms with E-state index in [1.54, 1.807) is 12.1 Å². The number of aromatic nitrogens is 2. The number of benzene rings is 1. The van der Waals surface area contributed by atoms with Crippen molar-refractivity contribution in [1.82, 2.24) is 9.97 Å². The second kappa shape index (κ2) is 4.70. The summed E-state index contributed by atoms with van der Waals surface area (Å²) in [6.07, 6.45) is 0. The Morgan fingerprint density at radius 1 is 1.06 bits per heavy atom. The average molecular weight is 318 g/mol. The van der Waals surface area contributed by atoms with Crippen LogP contribution in [0, 0.1) is 6.92 Å². The predicted molar refractivity (Wildman–Crippen MR) is 69.9 cm³/mol. The maximum Gasteiger partial charge on any atom is 0.160 e. The van der Waals surface area contributed by atoms with Gasteiger partial charge in [0.25, 0.3) is 0 Å². The van der Waals surface area contributed by atoms with Crippen LogP contribution >= 0.6 is 39.1 Å². The first-order valence-electron chi connectivity index (χ1n) is 4.53. The molecule has 0 N–H and O–H groups in total. The Bertz CT molecular complexity index is 523. The molecule has 16 heavy (non-hydrogen) atoms. The summed E-state index contributed by atoms with van der Waals surface area (Å²) in [6, 6.07) is 7.18. The number of hydrogen-bond acceptors (Lipinski definition) is 2. The van der Waals surface area contributed by atoms with Crippen molar-refractivity contribution in [3.8, 4) is 11.4 Å². The molecule has 0 atom stereocenters. The van der Waals surface area contributed by atoms with E-state index < -0.39 is 0 Å². The van der Waals surface area contributed by atoms with Crippen LogP contribution in [0.3, 0.4) is 0 Å². The molecule has 1 aromatic heterocycles. The molecule has 2 rings (SSSR count). The quantitative estimate of drug-likeness (QED) is 0.723. The molecule has 0 aliphatic rings. The van der Waals surface area contributed by atoms with Crippen molar-refractivity contribution in [1.29, 1.82) is 0 Å². The maximum atomic E-state index is 5.94. The lowest BCUT2D eigenvalue weighted by Gasteiger charge is -2.03. The highest BCUT2D eigenvalue weighted by molar-refractivity contribution is 9.10. The SMILES string of the molecule is Cc1cc(Br)nc(-c2ccc(Cl)c(Cl)c2)n1. The Morgan fingerprint density at radius 3 is 2.44 bits per heavy atom. The zero-order valence-electron chi connectivity index (χ0n) is 8.34. The minimum atomic E-state index is 0.500. The first-order valence-corrected chi connectivity index (χ1v) is 6.08. The van der Waals surface area contributed by atoms with E-state index in [1.807, 2.05) is 19.1 Å². The van der Waals surface area contributed by atoms with Crippen molar-refractivity contribution in [2.24, 2.45) is 0 Å². The molecule has 0 unspecified atom stereocenters. The van der Waals surface area contributed by atoms with Gasteiger partial charge in [0.05, 0.1) is 10.0 Å². The molecule has 0 radical (unpaired) electrons. The van der Waals surface area contributed by atoms with Crippen LogP contribution < -0.4 is 0 Å². The summed E-state index contributed by atoms with van der Waals surface area (Å²) in [5.74, 6) is 0.630. The molecule has 5 heteroatoms. The average Bonchev–Trinajstić information content (AvgIpc) is 2.20. The third kappa shape index (κ3) is 2.54. The van der Waals surface area contributed by atoms with Crippen LogP contribution in [0.15, 0.2) is 28.9 Å². The minimum Gasteiger partial charge on any atom is -0.233 e. The van der Waals surface area contributed by atoms with E-state index in [4.69, 9.17) is 23.2 Å². The highest BCUT2D eigenvalue weighted by atomic mass is 79.9. The summed E-state index contributed by atoms with van der Waals surface area (Å²) < 4.78 is 0.751. The van der Waals surface area contributed by atoms with Gasteiger partial charge in [-0.05, 0) is 47.1 Å². The van der Waals surface area contributed by atoms with Crippen molar-refractivity contribution in [3.05, 3.63) is 44.6 Å². The minimum absolute atomic E-state index is 0.500. The third-order valence-electron chi connectivity index (χ3n) is 2.00. The highest BCUT2D eigenvalue weighted by Gasteiger charge is 2.06. The van der Waals surface area contributed by atoms with Crippen molar-refractivity contribution < 1.29 is 0 Å². The van der Waals surface area contributed by atoms with Gasteiger partial charge in [0.1, 0.15) is 4.60 Å². The summed E-state index contributed by atoms with van der Waals surface area (Å²) in [5.41, 5.74) is 1.74. The largest absolute Gasteiger partial charge is 0.233 e. The molecule has 0 aliphatic carbocycles. The monoisotopic (exact) mass is 316 g/mol. The van der Waals surface area contributed by atoms with E-state index in [0.717, 1.165) is 15.9 Å². The fourth-order valence-corrected chi connectivity index (χ4v) is 2.09. The van der Waals surface area contributed by atoms with Gasteiger partial charge < -0.3 is 0 Å². The normalized spacial score (nSPS) is 10.5. The number of nitrogens with zero attached hydrogens (tertiary/aromatic N) is 2. The van der Waals surface area contributed by atoms with Gasteiger partial charge in [0, 0.05) is 11.3 Å². The van der Waals surface area contributed by atoms with Crippen LogP contribution in [0.4, 0.5) is 0 Å². The molecule has 0 bridgehead atoms. The van der Waals surface area contributed by atoms with Crippen LogP contribution in [0.25, 0.3) is 11.4 Å². The van der Waals surface area contributed by atoms with Crippen LogP contribution in [0.1, 0.15) is 5.69 Å². The van der Waals surface area contributed by atoms with Crippen LogP contribution in [0.2, 0.25) is 10.0 Å². The van der Waals surface area contributed by atoms with Crippen LogP contribution in [-0.4, -0.2) is 9.97 Å². The van der Waals surface area contributed by atoms with Gasteiger partial charge in [-0.3, -0.25) is 0 Å². The molecule has 0 saturated carbocycles. The molecule has 2 nitrogen and oxygen atoms in total. The molecule has 0 fully saturated rings. The number of aryl methyl sites for hydroxylation is 1. The Kier molecular flexibility index (Phi) is 3.47. The molecule has 1 aromatic carbocycles. The van der Waals surface area contributed by atoms with Crippen molar-refractivity contribution >= 4 is 39.1 Å². The highest BCUT2D eigenvalue weighted by Crippen LogP contribution is 2.27. The topological polar surface area (TPSA) is 25.8 Å². The number of rotatable bonds is 1. The van der Waals surface area contributed by atoms with Gasteiger partial charge in [-0.15, -0.1) is 0 Å². The molecule has 0 amide bonds. The summed E-state index contributed by atoms with van der Waals surface area (Å²) in [5, 5.41) is 1.03. The molecule has 0 saturated heterocycles. The van der Waals surface area contributed by atoms with E-state index >= 15 is 0 Å². The molecule has 0 spiro atoms. The molecule has 0 aliphatic heterocycles. The molecule has 1 heterocycles. The molecular formula is C11H7BrCl2N2. The Morgan fingerprint density at radius 2 is 1.81 bits per heavy atom. The third-order valence-corrected chi connectivity index (χ3v) is 3.15. The lowest BCUT2D eigenvalue weighted by molar-refractivity contribution is 1.09. The first-order chi connectivity index (χ1) is 7.56. The standard InChI is InChI=1S/C11H7BrCl2N2/c1-6-4-10(12)16-11(15-6)7-2-3-8(13)9(14)5-7/h2-5H,1H3. The smallest absolute Gasteiger partial charge is 0.160 e. The van der Waals surface area contributed by atoms with E-state index in [2.05, 4.69) is 25.9 Å². The van der Waals surface area contributed by atoms with Gasteiger partial charge in [-0.1, -0.05) is 23.2 Å². The van der Waals surface area contributed by atoms with Crippen molar-refractivity contribution in [3.63, 3.8) is 0 Å². The first kappa shape index (κ1) is 11.8. The van der Waals surface area contributed by atoms with E-state index in [-0.39, 0.29) is 0 Å². The lowest BCUT2D eigenvalue weighted by atomic mass is 10.2.